The van der Waals surface area contributed by atoms with Crippen molar-refractivity contribution in [3.05, 3.63) is 29.3 Å². The minimum atomic E-state index is -0.289. The Morgan fingerprint density at radius 3 is 2.95 bits per heavy atom. The zero-order valence-electron chi connectivity index (χ0n) is 11.6. The van der Waals surface area contributed by atoms with E-state index in [-0.39, 0.29) is 12.2 Å². The van der Waals surface area contributed by atoms with Crippen molar-refractivity contribution in [2.24, 2.45) is 0 Å². The Bertz CT molecular complexity index is 446. The third-order valence-corrected chi connectivity index (χ3v) is 4.35. The number of aryl methyl sites for hydroxylation is 1. The average Bonchev–Trinajstić information content (AvgIpc) is 2.98. The first-order valence-corrected chi connectivity index (χ1v) is 7.49. The van der Waals surface area contributed by atoms with Gasteiger partial charge in [0.2, 0.25) is 0 Å². The van der Waals surface area contributed by atoms with Crippen LogP contribution in [0.5, 0.6) is 5.75 Å². The molecule has 3 rings (SSSR count). The lowest BCUT2D eigenvalue weighted by Gasteiger charge is -2.18. The maximum atomic E-state index is 9.82. The average molecular weight is 261 g/mol. The predicted molar refractivity (Wildman–Crippen MR) is 75.5 cm³/mol. The Balaban J connectivity index is 1.72. The van der Waals surface area contributed by atoms with Crippen LogP contribution in [0.25, 0.3) is 0 Å². The summed E-state index contributed by atoms with van der Waals surface area (Å²) in [6.45, 7) is 3.16. The van der Waals surface area contributed by atoms with E-state index in [9.17, 15) is 5.11 Å². The Morgan fingerprint density at radius 1 is 1.32 bits per heavy atom. The van der Waals surface area contributed by atoms with Crippen molar-refractivity contribution in [1.82, 2.24) is 5.32 Å². The number of hydrogen-bond donors (Lipinski definition) is 2. The summed E-state index contributed by atoms with van der Waals surface area (Å²) in [6.07, 6.45) is 4.91. The number of benzene rings is 1. The summed E-state index contributed by atoms with van der Waals surface area (Å²) in [5.41, 5.74) is 2.82. The molecule has 0 heterocycles. The number of aliphatic hydroxyl groups excluding tert-OH is 1. The molecule has 19 heavy (non-hydrogen) atoms. The zero-order valence-corrected chi connectivity index (χ0v) is 11.6. The summed E-state index contributed by atoms with van der Waals surface area (Å²) in [5, 5.41) is 13.3. The first-order chi connectivity index (χ1) is 9.28. The molecule has 1 aromatic rings. The Morgan fingerprint density at radius 2 is 2.21 bits per heavy atom. The van der Waals surface area contributed by atoms with Crippen molar-refractivity contribution < 1.29 is 9.84 Å². The summed E-state index contributed by atoms with van der Waals surface area (Å²) in [4.78, 5) is 0. The highest BCUT2D eigenvalue weighted by Gasteiger charge is 2.28. The van der Waals surface area contributed by atoms with Crippen molar-refractivity contribution in [1.29, 1.82) is 0 Å². The molecule has 0 spiro atoms. The van der Waals surface area contributed by atoms with Gasteiger partial charge < -0.3 is 15.2 Å². The standard InChI is InChI=1S/C16H23NO2/c1-2-17-14-9-6-11-10-12(7-8-13(11)14)19-16-5-3-4-15(16)18/h7-8,10,14-18H,2-6,9H2,1H3. The van der Waals surface area contributed by atoms with Crippen LogP contribution in [0.4, 0.5) is 0 Å². The number of nitrogens with one attached hydrogen (secondary N) is 1. The molecular weight excluding hydrogens is 238 g/mol. The zero-order chi connectivity index (χ0) is 13.2. The van der Waals surface area contributed by atoms with E-state index in [0.717, 1.165) is 38.0 Å². The van der Waals surface area contributed by atoms with E-state index in [1.807, 2.05) is 0 Å². The van der Waals surface area contributed by atoms with Crippen LogP contribution >= 0.6 is 0 Å². The molecule has 2 aliphatic rings. The van der Waals surface area contributed by atoms with Gasteiger partial charge in [-0.05, 0) is 61.9 Å². The molecule has 3 heteroatoms. The van der Waals surface area contributed by atoms with E-state index in [1.54, 1.807) is 0 Å². The highest BCUT2D eigenvalue weighted by molar-refractivity contribution is 5.40. The molecule has 3 atom stereocenters. The molecule has 0 radical (unpaired) electrons. The van der Waals surface area contributed by atoms with E-state index in [0.29, 0.717) is 6.04 Å². The van der Waals surface area contributed by atoms with Crippen LogP contribution in [0.2, 0.25) is 0 Å². The van der Waals surface area contributed by atoms with Gasteiger partial charge >= 0.3 is 0 Å². The molecule has 2 aliphatic carbocycles. The number of hydrogen-bond acceptors (Lipinski definition) is 3. The van der Waals surface area contributed by atoms with Crippen molar-refractivity contribution in [3.63, 3.8) is 0 Å². The van der Waals surface area contributed by atoms with Gasteiger partial charge in [-0.1, -0.05) is 13.0 Å². The third-order valence-electron chi connectivity index (χ3n) is 4.35. The highest BCUT2D eigenvalue weighted by Crippen LogP contribution is 2.34. The molecule has 3 nitrogen and oxygen atoms in total. The number of aliphatic hydroxyl groups is 1. The van der Waals surface area contributed by atoms with Crippen LogP contribution in [0, 0.1) is 0 Å². The Labute approximate surface area is 115 Å². The van der Waals surface area contributed by atoms with E-state index in [4.69, 9.17) is 4.74 Å². The molecule has 3 unspecified atom stereocenters. The van der Waals surface area contributed by atoms with Gasteiger partial charge in [0.1, 0.15) is 11.9 Å². The lowest BCUT2D eigenvalue weighted by atomic mass is 10.1. The summed E-state index contributed by atoms with van der Waals surface area (Å²) >= 11 is 0. The molecule has 0 bridgehead atoms. The van der Waals surface area contributed by atoms with Crippen molar-refractivity contribution >= 4 is 0 Å². The molecule has 0 aliphatic heterocycles. The van der Waals surface area contributed by atoms with Gasteiger partial charge in [-0.25, -0.2) is 0 Å². The maximum Gasteiger partial charge on any atom is 0.124 e. The van der Waals surface area contributed by atoms with Gasteiger partial charge in [-0.15, -0.1) is 0 Å². The topological polar surface area (TPSA) is 41.5 Å². The highest BCUT2D eigenvalue weighted by atomic mass is 16.5. The maximum absolute atomic E-state index is 9.82. The van der Waals surface area contributed by atoms with Gasteiger partial charge in [0.25, 0.3) is 0 Å². The fourth-order valence-electron chi connectivity index (χ4n) is 3.34. The van der Waals surface area contributed by atoms with Crippen LogP contribution < -0.4 is 10.1 Å². The normalized spacial score (nSPS) is 29.5. The Kier molecular flexibility index (Phi) is 3.76. The minimum absolute atomic E-state index is 0.0102. The fourth-order valence-corrected chi connectivity index (χ4v) is 3.34. The molecule has 2 N–H and O–H groups in total. The molecule has 104 valence electrons. The monoisotopic (exact) mass is 261 g/mol. The van der Waals surface area contributed by atoms with Gasteiger partial charge in [0, 0.05) is 6.04 Å². The summed E-state index contributed by atoms with van der Waals surface area (Å²) < 4.78 is 5.94. The van der Waals surface area contributed by atoms with Crippen LogP contribution in [0.15, 0.2) is 18.2 Å². The number of fused-ring (bicyclic) bond motifs is 1. The third kappa shape index (κ3) is 2.63. The van der Waals surface area contributed by atoms with E-state index in [2.05, 4.69) is 30.4 Å². The second-order valence-electron chi connectivity index (χ2n) is 5.66. The minimum Gasteiger partial charge on any atom is -0.488 e. The van der Waals surface area contributed by atoms with Crippen LogP contribution in [0.1, 0.15) is 49.8 Å². The summed E-state index contributed by atoms with van der Waals surface area (Å²) in [6, 6.07) is 6.91. The second-order valence-corrected chi connectivity index (χ2v) is 5.66. The number of rotatable bonds is 4. The van der Waals surface area contributed by atoms with E-state index in [1.165, 1.54) is 17.5 Å². The SMILES string of the molecule is CCNC1CCc2cc(OC3CCCC3O)ccc21. The fraction of sp³-hybridized carbons (Fsp3) is 0.625. The van der Waals surface area contributed by atoms with Gasteiger partial charge in [-0.2, -0.15) is 0 Å². The van der Waals surface area contributed by atoms with Crippen molar-refractivity contribution in [2.75, 3.05) is 6.54 Å². The van der Waals surface area contributed by atoms with E-state index >= 15 is 0 Å². The largest absolute Gasteiger partial charge is 0.488 e. The molecule has 1 saturated carbocycles. The van der Waals surface area contributed by atoms with E-state index < -0.39 is 0 Å². The van der Waals surface area contributed by atoms with Gasteiger partial charge in [0.15, 0.2) is 0 Å². The molecule has 1 fully saturated rings. The Hall–Kier alpha value is -1.06. The first kappa shape index (κ1) is 12.9. The summed E-state index contributed by atoms with van der Waals surface area (Å²) in [7, 11) is 0. The lowest BCUT2D eigenvalue weighted by molar-refractivity contribution is 0.0603. The quantitative estimate of drug-likeness (QED) is 0.875. The first-order valence-electron chi connectivity index (χ1n) is 7.49. The van der Waals surface area contributed by atoms with Crippen molar-refractivity contribution in [3.8, 4) is 5.75 Å². The van der Waals surface area contributed by atoms with Gasteiger partial charge in [0.05, 0.1) is 6.10 Å². The smallest absolute Gasteiger partial charge is 0.124 e. The van der Waals surface area contributed by atoms with Crippen LogP contribution in [-0.4, -0.2) is 23.9 Å². The van der Waals surface area contributed by atoms with Crippen LogP contribution in [-0.2, 0) is 6.42 Å². The molecular formula is C16H23NO2. The molecule has 0 aromatic heterocycles. The molecule has 0 amide bonds. The van der Waals surface area contributed by atoms with Gasteiger partial charge in [-0.3, -0.25) is 0 Å². The van der Waals surface area contributed by atoms with Crippen LogP contribution in [0.3, 0.4) is 0 Å². The lowest BCUT2D eigenvalue weighted by Crippen LogP contribution is -2.25. The number of ether oxygens (including phenoxy) is 1. The molecule has 0 saturated heterocycles. The van der Waals surface area contributed by atoms with Crippen molar-refractivity contribution in [2.45, 2.75) is 57.3 Å². The molecule has 1 aromatic carbocycles. The summed E-state index contributed by atoms with van der Waals surface area (Å²) in [5.74, 6) is 0.918. The predicted octanol–water partition coefficient (Wildman–Crippen LogP) is 2.58. The second kappa shape index (κ2) is 5.51.